The highest BCUT2D eigenvalue weighted by atomic mass is 32.2. The number of Topliss-reactive ketones (excluding diaryl/α,β-unsaturated/α-hetero) is 1. The summed E-state index contributed by atoms with van der Waals surface area (Å²) in [6.07, 6.45) is -0.0722. The summed E-state index contributed by atoms with van der Waals surface area (Å²) in [4.78, 5) is 12.6. The van der Waals surface area contributed by atoms with Gasteiger partial charge in [0.1, 0.15) is 14.7 Å². The molecule has 2 aromatic heterocycles. The fourth-order valence-corrected chi connectivity index (χ4v) is 4.82. The van der Waals surface area contributed by atoms with Crippen molar-refractivity contribution in [1.82, 2.24) is 5.16 Å². The van der Waals surface area contributed by atoms with Crippen molar-refractivity contribution in [3.63, 3.8) is 0 Å². The molecule has 0 fully saturated rings. The molecule has 2 rings (SSSR count). The topological polar surface area (TPSA) is 77.2 Å². The standard InChI is InChI=1S/C16H21NO4S2/c1-15(2,3)13-10-11(17-21-13)9-12(18)16(4,5)23(19,20)14-7-6-8-22-14/h6-8,10H,9H2,1-5H3. The lowest BCUT2D eigenvalue weighted by atomic mass is 9.92. The predicted octanol–water partition coefficient (Wildman–Crippen LogP) is 3.40. The Balaban J connectivity index is 2.24. The summed E-state index contributed by atoms with van der Waals surface area (Å²) >= 11 is 1.11. The van der Waals surface area contributed by atoms with E-state index in [4.69, 9.17) is 4.52 Å². The van der Waals surface area contributed by atoms with E-state index >= 15 is 0 Å². The normalized spacial score (nSPS) is 13.3. The van der Waals surface area contributed by atoms with E-state index < -0.39 is 20.4 Å². The number of carbonyl (C=O) groups is 1. The molecule has 0 N–H and O–H groups in total. The largest absolute Gasteiger partial charge is 0.361 e. The van der Waals surface area contributed by atoms with Gasteiger partial charge in [-0.15, -0.1) is 11.3 Å². The first-order valence-corrected chi connectivity index (χ1v) is 9.60. The number of rotatable bonds is 5. The molecule has 0 atom stereocenters. The molecular formula is C16H21NO4S2. The summed E-state index contributed by atoms with van der Waals surface area (Å²) in [7, 11) is -3.73. The SMILES string of the molecule is CC(C)(C)c1cc(CC(=O)C(C)(C)S(=O)(=O)c2cccs2)no1. The van der Waals surface area contributed by atoms with Crippen LogP contribution in [0.1, 0.15) is 46.1 Å². The van der Waals surface area contributed by atoms with Crippen LogP contribution < -0.4 is 0 Å². The molecular weight excluding hydrogens is 334 g/mol. The van der Waals surface area contributed by atoms with Gasteiger partial charge >= 0.3 is 0 Å². The minimum absolute atomic E-state index is 0.0722. The van der Waals surface area contributed by atoms with Gasteiger partial charge in [0.15, 0.2) is 15.6 Å². The van der Waals surface area contributed by atoms with Crippen molar-refractivity contribution in [2.45, 2.75) is 55.4 Å². The molecule has 0 amide bonds. The van der Waals surface area contributed by atoms with E-state index in [0.717, 1.165) is 11.3 Å². The Morgan fingerprint density at radius 1 is 1.26 bits per heavy atom. The fraction of sp³-hybridized carbons (Fsp3) is 0.500. The van der Waals surface area contributed by atoms with Crippen LogP contribution in [0.5, 0.6) is 0 Å². The van der Waals surface area contributed by atoms with Gasteiger partial charge in [0.25, 0.3) is 0 Å². The molecule has 23 heavy (non-hydrogen) atoms. The molecule has 2 aromatic rings. The number of ketones is 1. The number of sulfone groups is 1. The highest BCUT2D eigenvalue weighted by molar-refractivity contribution is 7.95. The Morgan fingerprint density at radius 2 is 1.91 bits per heavy atom. The Morgan fingerprint density at radius 3 is 2.39 bits per heavy atom. The van der Waals surface area contributed by atoms with Crippen LogP contribution >= 0.6 is 11.3 Å². The van der Waals surface area contributed by atoms with Crippen molar-refractivity contribution in [1.29, 1.82) is 0 Å². The second-order valence-corrected chi connectivity index (χ2v) is 10.7. The van der Waals surface area contributed by atoms with Gasteiger partial charge in [-0.1, -0.05) is 32.0 Å². The number of thiophene rings is 1. The summed E-state index contributed by atoms with van der Waals surface area (Å²) in [5, 5.41) is 5.57. The van der Waals surface area contributed by atoms with Gasteiger partial charge in [0, 0.05) is 11.5 Å². The lowest BCUT2D eigenvalue weighted by molar-refractivity contribution is -0.120. The van der Waals surface area contributed by atoms with E-state index in [1.165, 1.54) is 19.9 Å². The van der Waals surface area contributed by atoms with E-state index in [-0.39, 0.29) is 16.0 Å². The molecule has 0 saturated carbocycles. The zero-order valence-electron chi connectivity index (χ0n) is 13.9. The van der Waals surface area contributed by atoms with Crippen molar-refractivity contribution in [3.8, 4) is 0 Å². The Labute approximate surface area is 140 Å². The van der Waals surface area contributed by atoms with Gasteiger partial charge in [-0.25, -0.2) is 8.42 Å². The highest BCUT2D eigenvalue weighted by Crippen LogP contribution is 2.31. The van der Waals surface area contributed by atoms with Crippen LogP contribution in [0.4, 0.5) is 0 Å². The summed E-state index contributed by atoms with van der Waals surface area (Å²) < 4.78 is 29.2. The average Bonchev–Trinajstić information content (AvgIpc) is 3.08. The lowest BCUT2D eigenvalue weighted by Gasteiger charge is -2.22. The Kier molecular flexibility index (Phi) is 4.56. The van der Waals surface area contributed by atoms with Crippen LogP contribution in [0.3, 0.4) is 0 Å². The second-order valence-electron chi connectivity index (χ2n) is 6.98. The van der Waals surface area contributed by atoms with Crippen LogP contribution in [0, 0.1) is 0 Å². The molecule has 0 unspecified atom stereocenters. The number of carbonyl (C=O) groups excluding carboxylic acids is 1. The zero-order chi connectivity index (χ0) is 17.5. The fourth-order valence-electron chi connectivity index (χ4n) is 1.94. The third kappa shape index (κ3) is 3.40. The molecule has 0 radical (unpaired) electrons. The van der Waals surface area contributed by atoms with Gasteiger partial charge in [0.05, 0.1) is 12.1 Å². The van der Waals surface area contributed by atoms with Crippen LogP contribution in [-0.2, 0) is 26.5 Å². The van der Waals surface area contributed by atoms with Gasteiger partial charge in [-0.2, -0.15) is 0 Å². The molecule has 126 valence electrons. The van der Waals surface area contributed by atoms with Crippen LogP contribution in [0.15, 0.2) is 32.3 Å². The quantitative estimate of drug-likeness (QED) is 0.821. The van der Waals surface area contributed by atoms with Crippen molar-refractivity contribution >= 4 is 27.0 Å². The van der Waals surface area contributed by atoms with Crippen molar-refractivity contribution in [3.05, 3.63) is 35.0 Å². The maximum Gasteiger partial charge on any atom is 0.199 e. The average molecular weight is 355 g/mol. The summed E-state index contributed by atoms with van der Waals surface area (Å²) in [6.45, 7) is 8.81. The first-order valence-electron chi connectivity index (χ1n) is 7.24. The third-order valence-electron chi connectivity index (χ3n) is 3.74. The molecule has 0 aromatic carbocycles. The van der Waals surface area contributed by atoms with Crippen molar-refractivity contribution in [2.75, 3.05) is 0 Å². The molecule has 7 heteroatoms. The smallest absolute Gasteiger partial charge is 0.199 e. The Hall–Kier alpha value is -1.47. The molecule has 0 aliphatic rings. The molecule has 0 aliphatic heterocycles. The maximum absolute atomic E-state index is 12.7. The number of nitrogens with zero attached hydrogens (tertiary/aromatic N) is 1. The first-order chi connectivity index (χ1) is 10.5. The van der Waals surface area contributed by atoms with Crippen LogP contribution in [0.25, 0.3) is 0 Å². The van der Waals surface area contributed by atoms with Crippen molar-refractivity contribution in [2.24, 2.45) is 0 Å². The third-order valence-corrected chi connectivity index (χ3v) is 7.59. The van der Waals surface area contributed by atoms with E-state index in [1.807, 2.05) is 20.8 Å². The lowest BCUT2D eigenvalue weighted by Crippen LogP contribution is -2.41. The minimum atomic E-state index is -3.73. The second kappa shape index (κ2) is 5.87. The maximum atomic E-state index is 12.7. The number of aromatic nitrogens is 1. The molecule has 0 spiro atoms. The Bertz CT molecular complexity index is 794. The zero-order valence-corrected chi connectivity index (χ0v) is 15.5. The summed E-state index contributed by atoms with van der Waals surface area (Å²) in [5.41, 5.74) is 0.238. The van der Waals surface area contributed by atoms with Crippen LogP contribution in [0.2, 0.25) is 0 Å². The van der Waals surface area contributed by atoms with Crippen LogP contribution in [-0.4, -0.2) is 24.1 Å². The first kappa shape index (κ1) is 17.9. The van der Waals surface area contributed by atoms with E-state index in [9.17, 15) is 13.2 Å². The van der Waals surface area contributed by atoms with E-state index in [2.05, 4.69) is 5.16 Å². The van der Waals surface area contributed by atoms with Crippen molar-refractivity contribution < 1.29 is 17.7 Å². The molecule has 0 bridgehead atoms. The van der Waals surface area contributed by atoms with Gasteiger partial charge < -0.3 is 4.52 Å². The molecule has 2 heterocycles. The van der Waals surface area contributed by atoms with Gasteiger partial charge in [-0.05, 0) is 25.3 Å². The van der Waals surface area contributed by atoms with E-state index in [0.29, 0.717) is 11.5 Å². The highest BCUT2D eigenvalue weighted by Gasteiger charge is 2.43. The summed E-state index contributed by atoms with van der Waals surface area (Å²) in [5.74, 6) is 0.263. The monoisotopic (exact) mass is 355 g/mol. The summed E-state index contributed by atoms with van der Waals surface area (Å²) in [6, 6.07) is 4.89. The molecule has 0 saturated heterocycles. The number of hydrogen-bond acceptors (Lipinski definition) is 6. The van der Waals surface area contributed by atoms with E-state index in [1.54, 1.807) is 17.5 Å². The molecule has 5 nitrogen and oxygen atoms in total. The predicted molar refractivity (Wildman–Crippen MR) is 89.5 cm³/mol. The van der Waals surface area contributed by atoms with Gasteiger partial charge in [-0.3, -0.25) is 4.79 Å². The number of hydrogen-bond donors (Lipinski definition) is 0. The minimum Gasteiger partial charge on any atom is -0.361 e. The van der Waals surface area contributed by atoms with Gasteiger partial charge in [0.2, 0.25) is 0 Å². The molecule has 0 aliphatic carbocycles.